The maximum absolute atomic E-state index is 12.0. The minimum absolute atomic E-state index is 0.0318. The van der Waals surface area contributed by atoms with Crippen molar-refractivity contribution < 1.29 is 9.59 Å². The molecule has 0 aromatic heterocycles. The van der Waals surface area contributed by atoms with Gasteiger partial charge in [0.1, 0.15) is 0 Å². The fourth-order valence-corrected chi connectivity index (χ4v) is 2.79. The molecule has 0 heterocycles. The van der Waals surface area contributed by atoms with Crippen molar-refractivity contribution >= 4 is 17.4 Å². The quantitative estimate of drug-likeness (QED) is 0.819. The molecule has 0 radical (unpaired) electrons. The molecule has 21 heavy (non-hydrogen) atoms. The van der Waals surface area contributed by atoms with Gasteiger partial charge < -0.3 is 10.6 Å². The zero-order valence-electron chi connectivity index (χ0n) is 12.8. The molecule has 1 fully saturated rings. The summed E-state index contributed by atoms with van der Waals surface area (Å²) < 4.78 is 0. The molecular weight excluding hydrogens is 264 g/mol. The molecule has 0 spiro atoms. The Balaban J connectivity index is 1.79. The first-order valence-corrected chi connectivity index (χ1v) is 7.70. The third kappa shape index (κ3) is 4.59. The molecule has 0 aliphatic heterocycles. The Bertz CT molecular complexity index is 496. The lowest BCUT2D eigenvalue weighted by molar-refractivity contribution is -0.120. The van der Waals surface area contributed by atoms with Crippen LogP contribution in [0.5, 0.6) is 0 Å². The number of hydrogen-bond acceptors (Lipinski definition) is 3. The fourth-order valence-electron chi connectivity index (χ4n) is 2.79. The first-order chi connectivity index (χ1) is 10.1. The van der Waals surface area contributed by atoms with Gasteiger partial charge in [-0.2, -0.15) is 0 Å². The smallest absolute Gasteiger partial charge is 0.239 e. The van der Waals surface area contributed by atoms with Crippen molar-refractivity contribution in [3.63, 3.8) is 0 Å². The number of ketones is 1. The van der Waals surface area contributed by atoms with Crippen molar-refractivity contribution in [3.05, 3.63) is 29.8 Å². The summed E-state index contributed by atoms with van der Waals surface area (Å²) in [5.74, 6) is 0.646. The highest BCUT2D eigenvalue weighted by Crippen LogP contribution is 2.23. The molecule has 2 rings (SSSR count). The Labute approximate surface area is 126 Å². The summed E-state index contributed by atoms with van der Waals surface area (Å²) in [5, 5.41) is 6.20. The second kappa shape index (κ2) is 7.25. The molecular formula is C17H24N2O2. The van der Waals surface area contributed by atoms with E-state index in [-0.39, 0.29) is 18.2 Å². The van der Waals surface area contributed by atoms with Crippen LogP contribution >= 0.6 is 0 Å². The number of Topliss-reactive ketones (excluding diaryl/α,β-unsaturated/α-hetero) is 1. The zero-order valence-corrected chi connectivity index (χ0v) is 12.8. The Kier molecular flexibility index (Phi) is 5.37. The van der Waals surface area contributed by atoms with Crippen molar-refractivity contribution in [3.8, 4) is 0 Å². The van der Waals surface area contributed by atoms with Gasteiger partial charge in [-0.25, -0.2) is 0 Å². The van der Waals surface area contributed by atoms with Gasteiger partial charge in [-0.05, 0) is 49.9 Å². The number of carbonyl (C=O) groups is 2. The predicted octanol–water partition coefficient (Wildman–Crippen LogP) is 3.00. The van der Waals surface area contributed by atoms with Gasteiger partial charge in [0.2, 0.25) is 5.91 Å². The van der Waals surface area contributed by atoms with Crippen molar-refractivity contribution in [1.29, 1.82) is 0 Å². The molecule has 2 unspecified atom stereocenters. The van der Waals surface area contributed by atoms with Gasteiger partial charge in [-0.15, -0.1) is 0 Å². The van der Waals surface area contributed by atoms with Crippen LogP contribution in [0.1, 0.15) is 49.9 Å². The highest BCUT2D eigenvalue weighted by atomic mass is 16.2. The first-order valence-electron chi connectivity index (χ1n) is 7.70. The summed E-state index contributed by atoms with van der Waals surface area (Å²) in [5.41, 5.74) is 1.54. The van der Waals surface area contributed by atoms with Gasteiger partial charge in [0.15, 0.2) is 5.78 Å². The molecule has 1 aliphatic rings. The Hall–Kier alpha value is -1.84. The van der Waals surface area contributed by atoms with E-state index in [9.17, 15) is 9.59 Å². The molecule has 1 aromatic rings. The lowest BCUT2D eigenvalue weighted by Gasteiger charge is -2.29. The number of benzene rings is 1. The van der Waals surface area contributed by atoms with E-state index in [2.05, 4.69) is 17.6 Å². The topological polar surface area (TPSA) is 58.2 Å². The molecule has 0 bridgehead atoms. The largest absolute Gasteiger partial charge is 0.376 e. The number of carbonyl (C=O) groups excluding carboxylic acids is 2. The second-order valence-corrected chi connectivity index (χ2v) is 5.92. The van der Waals surface area contributed by atoms with Crippen molar-refractivity contribution in [2.24, 2.45) is 5.92 Å². The van der Waals surface area contributed by atoms with E-state index in [0.717, 1.165) is 12.1 Å². The summed E-state index contributed by atoms with van der Waals surface area (Å²) >= 11 is 0. The monoisotopic (exact) mass is 288 g/mol. The number of nitrogens with one attached hydrogen (secondary N) is 2. The average molecular weight is 288 g/mol. The molecule has 1 aromatic carbocycles. The van der Waals surface area contributed by atoms with Crippen LogP contribution in [-0.2, 0) is 4.79 Å². The van der Waals surface area contributed by atoms with Crippen molar-refractivity contribution in [1.82, 2.24) is 5.32 Å². The summed E-state index contributed by atoms with van der Waals surface area (Å²) in [6.45, 7) is 4.02. The van der Waals surface area contributed by atoms with Crippen LogP contribution in [0.4, 0.5) is 5.69 Å². The third-order valence-electron chi connectivity index (χ3n) is 4.20. The molecule has 4 heteroatoms. The maximum atomic E-state index is 12.0. The number of amides is 1. The number of rotatable bonds is 5. The van der Waals surface area contributed by atoms with Crippen LogP contribution in [0.15, 0.2) is 24.3 Å². The van der Waals surface area contributed by atoms with E-state index in [1.807, 2.05) is 12.1 Å². The third-order valence-corrected chi connectivity index (χ3v) is 4.20. The molecule has 0 saturated heterocycles. The standard InChI is InChI=1S/C17H24N2O2/c1-12-5-3-4-6-16(12)19-17(21)11-18-15-9-7-14(8-10-15)13(2)20/h7-10,12,16,18H,3-6,11H2,1-2H3,(H,19,21). The normalized spacial score (nSPS) is 21.6. The van der Waals surface area contributed by atoms with E-state index in [1.165, 1.54) is 19.3 Å². The van der Waals surface area contributed by atoms with Crippen LogP contribution in [0.3, 0.4) is 0 Å². The molecule has 4 nitrogen and oxygen atoms in total. The minimum atomic E-state index is 0.0318. The predicted molar refractivity (Wildman–Crippen MR) is 84.5 cm³/mol. The average Bonchev–Trinajstić information content (AvgIpc) is 2.48. The maximum Gasteiger partial charge on any atom is 0.239 e. The van der Waals surface area contributed by atoms with Crippen LogP contribution in [-0.4, -0.2) is 24.3 Å². The lowest BCUT2D eigenvalue weighted by Crippen LogP contribution is -2.43. The second-order valence-electron chi connectivity index (χ2n) is 5.92. The van der Waals surface area contributed by atoms with E-state index in [1.54, 1.807) is 19.1 Å². The Morgan fingerprint density at radius 1 is 1.14 bits per heavy atom. The van der Waals surface area contributed by atoms with E-state index in [4.69, 9.17) is 0 Å². The van der Waals surface area contributed by atoms with Gasteiger partial charge in [0.25, 0.3) is 0 Å². The molecule has 2 N–H and O–H groups in total. The fraction of sp³-hybridized carbons (Fsp3) is 0.529. The summed E-state index contributed by atoms with van der Waals surface area (Å²) in [7, 11) is 0. The Morgan fingerprint density at radius 3 is 2.43 bits per heavy atom. The first kappa shape index (κ1) is 15.5. The van der Waals surface area contributed by atoms with Crippen LogP contribution in [0.2, 0.25) is 0 Å². The molecule has 2 atom stereocenters. The summed E-state index contributed by atoms with van der Waals surface area (Å²) in [6.07, 6.45) is 4.76. The summed E-state index contributed by atoms with van der Waals surface area (Å²) in [4.78, 5) is 23.2. The van der Waals surface area contributed by atoms with Gasteiger partial charge in [-0.3, -0.25) is 9.59 Å². The molecule has 1 saturated carbocycles. The van der Waals surface area contributed by atoms with E-state index in [0.29, 0.717) is 17.5 Å². The zero-order chi connectivity index (χ0) is 15.2. The van der Waals surface area contributed by atoms with Crippen molar-refractivity contribution in [2.45, 2.75) is 45.6 Å². The minimum Gasteiger partial charge on any atom is -0.376 e. The van der Waals surface area contributed by atoms with Crippen LogP contribution in [0, 0.1) is 5.92 Å². The van der Waals surface area contributed by atoms with Crippen molar-refractivity contribution in [2.75, 3.05) is 11.9 Å². The molecule has 114 valence electrons. The number of hydrogen-bond donors (Lipinski definition) is 2. The highest BCUT2D eigenvalue weighted by Gasteiger charge is 2.22. The van der Waals surface area contributed by atoms with Crippen LogP contribution in [0.25, 0.3) is 0 Å². The Morgan fingerprint density at radius 2 is 1.81 bits per heavy atom. The molecule has 1 aliphatic carbocycles. The van der Waals surface area contributed by atoms with Gasteiger partial charge >= 0.3 is 0 Å². The van der Waals surface area contributed by atoms with Gasteiger partial charge in [0, 0.05) is 17.3 Å². The highest BCUT2D eigenvalue weighted by molar-refractivity contribution is 5.94. The van der Waals surface area contributed by atoms with E-state index >= 15 is 0 Å². The summed E-state index contributed by atoms with van der Waals surface area (Å²) in [6, 6.07) is 7.51. The van der Waals surface area contributed by atoms with Gasteiger partial charge in [0.05, 0.1) is 6.54 Å². The van der Waals surface area contributed by atoms with Crippen LogP contribution < -0.4 is 10.6 Å². The van der Waals surface area contributed by atoms with E-state index < -0.39 is 0 Å². The van der Waals surface area contributed by atoms with Gasteiger partial charge in [-0.1, -0.05) is 19.8 Å². The lowest BCUT2D eigenvalue weighted by atomic mass is 9.86. The number of anilines is 1. The SMILES string of the molecule is CC(=O)c1ccc(NCC(=O)NC2CCCCC2C)cc1. The molecule has 1 amide bonds.